The molecule has 164 valence electrons. The monoisotopic (exact) mass is 466 g/mol. The first-order valence-corrected chi connectivity index (χ1v) is 10.4. The Kier molecular flexibility index (Phi) is 7.37. The van der Waals surface area contributed by atoms with Gasteiger partial charge in [0.2, 0.25) is 5.13 Å². The number of halogens is 2. The van der Waals surface area contributed by atoms with Crippen molar-refractivity contribution in [2.45, 2.75) is 19.9 Å². The van der Waals surface area contributed by atoms with Gasteiger partial charge in [-0.05, 0) is 42.9 Å². The Morgan fingerprint density at radius 1 is 1.35 bits per heavy atom. The number of anilines is 1. The smallest absolute Gasteiger partial charge is 0.326 e. The van der Waals surface area contributed by atoms with Crippen LogP contribution in [0.1, 0.15) is 22.5 Å². The van der Waals surface area contributed by atoms with Crippen molar-refractivity contribution >= 4 is 34.0 Å². The number of nitrogens with one attached hydrogen (secondary N) is 1. The summed E-state index contributed by atoms with van der Waals surface area (Å²) in [5, 5.41) is 6.73. The lowest BCUT2D eigenvalue weighted by molar-refractivity contribution is 0.102. The number of aromatic nitrogens is 3. The van der Waals surface area contributed by atoms with Gasteiger partial charge in [-0.1, -0.05) is 11.6 Å². The highest BCUT2D eigenvalue weighted by molar-refractivity contribution is 7.13. The van der Waals surface area contributed by atoms with Crippen LogP contribution in [0.15, 0.2) is 29.2 Å². The second kappa shape index (κ2) is 9.99. The molecule has 0 spiro atoms. The van der Waals surface area contributed by atoms with E-state index in [-0.39, 0.29) is 37.5 Å². The second-order valence-electron chi connectivity index (χ2n) is 6.51. The van der Waals surface area contributed by atoms with Gasteiger partial charge in [0, 0.05) is 37.7 Å². The van der Waals surface area contributed by atoms with Crippen molar-refractivity contribution in [3.63, 3.8) is 0 Å². The molecule has 2 heterocycles. The summed E-state index contributed by atoms with van der Waals surface area (Å²) in [6.07, 6.45) is 1.94. The van der Waals surface area contributed by atoms with Crippen molar-refractivity contribution < 1.29 is 18.7 Å². The molecular formula is C20H20ClFN4O4S. The predicted molar refractivity (Wildman–Crippen MR) is 117 cm³/mol. The fraction of sp³-hybridized carbons (Fsp3) is 0.300. The van der Waals surface area contributed by atoms with Gasteiger partial charge in [-0.25, -0.2) is 9.07 Å². The Morgan fingerprint density at radius 3 is 2.84 bits per heavy atom. The van der Waals surface area contributed by atoms with Gasteiger partial charge in [0.05, 0.1) is 23.3 Å². The van der Waals surface area contributed by atoms with Crippen molar-refractivity contribution in [1.82, 2.24) is 14.8 Å². The number of carbonyl (C=O) groups is 1. The van der Waals surface area contributed by atoms with E-state index in [1.165, 1.54) is 30.1 Å². The molecule has 8 nitrogen and oxygen atoms in total. The van der Waals surface area contributed by atoms with Crippen LogP contribution in [0.4, 0.5) is 9.52 Å². The maximum Gasteiger partial charge on any atom is 0.326 e. The third kappa shape index (κ3) is 5.09. The number of rotatable bonds is 8. The van der Waals surface area contributed by atoms with Gasteiger partial charge < -0.3 is 9.47 Å². The molecule has 1 N–H and O–H groups in total. The van der Waals surface area contributed by atoms with Gasteiger partial charge in [0.15, 0.2) is 5.82 Å². The molecule has 1 aromatic carbocycles. The molecule has 0 aliphatic carbocycles. The molecule has 1 amide bonds. The van der Waals surface area contributed by atoms with Gasteiger partial charge in [-0.15, -0.1) is 5.10 Å². The molecule has 0 fully saturated rings. The fourth-order valence-corrected chi connectivity index (χ4v) is 3.77. The van der Waals surface area contributed by atoms with Crippen LogP contribution < -0.4 is 14.9 Å². The zero-order chi connectivity index (χ0) is 22.5. The number of nitrogens with zero attached hydrogens (tertiary/aromatic N) is 3. The lowest BCUT2D eigenvalue weighted by Gasteiger charge is -2.14. The number of aryl methyl sites for hydroxylation is 2. The number of ether oxygens (including phenoxy) is 2. The van der Waals surface area contributed by atoms with Crippen LogP contribution in [0.5, 0.6) is 5.75 Å². The highest BCUT2D eigenvalue weighted by atomic mass is 35.5. The molecule has 0 bridgehead atoms. The first-order chi connectivity index (χ1) is 14.8. The quantitative estimate of drug-likeness (QED) is 0.508. The highest BCUT2D eigenvalue weighted by Crippen LogP contribution is 2.38. The van der Waals surface area contributed by atoms with Gasteiger partial charge in [-0.2, -0.15) is 0 Å². The van der Waals surface area contributed by atoms with Crippen LogP contribution in [0.2, 0.25) is 5.02 Å². The maximum atomic E-state index is 14.9. The summed E-state index contributed by atoms with van der Waals surface area (Å²) in [6.45, 7) is 2.56. The summed E-state index contributed by atoms with van der Waals surface area (Å²) in [4.78, 5) is 28.9. The van der Waals surface area contributed by atoms with E-state index < -0.39 is 11.7 Å². The van der Waals surface area contributed by atoms with E-state index in [0.717, 1.165) is 11.3 Å². The predicted octanol–water partition coefficient (Wildman–Crippen LogP) is 3.77. The first-order valence-electron chi connectivity index (χ1n) is 9.23. The summed E-state index contributed by atoms with van der Waals surface area (Å²) >= 11 is 6.76. The normalized spacial score (nSPS) is 10.9. The highest BCUT2D eigenvalue weighted by Gasteiger charge is 2.23. The van der Waals surface area contributed by atoms with Gasteiger partial charge in [0.1, 0.15) is 5.75 Å². The van der Waals surface area contributed by atoms with Crippen molar-refractivity contribution in [3.05, 3.63) is 56.2 Å². The number of benzene rings is 1. The molecule has 0 saturated carbocycles. The van der Waals surface area contributed by atoms with Crippen LogP contribution in [0, 0.1) is 12.7 Å². The lowest BCUT2D eigenvalue weighted by atomic mass is 9.98. The SMILES string of the molecule is COCCCn1nc(NC(=O)c2cnc(C)cc2-c2c(OC)ccc(Cl)c2F)sc1=O. The molecule has 3 rings (SSSR count). The van der Waals surface area contributed by atoms with Crippen LogP contribution in [0.3, 0.4) is 0 Å². The topological polar surface area (TPSA) is 95.3 Å². The Balaban J connectivity index is 1.97. The minimum atomic E-state index is -0.715. The van der Waals surface area contributed by atoms with E-state index in [0.29, 0.717) is 25.3 Å². The van der Waals surface area contributed by atoms with Gasteiger partial charge >= 0.3 is 4.87 Å². The Bertz CT molecular complexity index is 1160. The first kappa shape index (κ1) is 22.9. The Labute approximate surface area is 186 Å². The van der Waals surface area contributed by atoms with Gasteiger partial charge in [-0.3, -0.25) is 19.9 Å². The molecule has 0 unspecified atom stereocenters. The maximum absolute atomic E-state index is 14.9. The number of pyridine rings is 1. The molecule has 0 radical (unpaired) electrons. The summed E-state index contributed by atoms with van der Waals surface area (Å²) in [6, 6.07) is 4.46. The van der Waals surface area contributed by atoms with E-state index in [1.807, 2.05) is 0 Å². The molecule has 0 saturated heterocycles. The molecule has 0 aliphatic rings. The molecule has 0 atom stereocenters. The number of amides is 1. The summed E-state index contributed by atoms with van der Waals surface area (Å²) in [7, 11) is 2.97. The fourth-order valence-electron chi connectivity index (χ4n) is 2.92. The second-order valence-corrected chi connectivity index (χ2v) is 7.85. The number of carbonyl (C=O) groups excluding carboxylic acids is 1. The van der Waals surface area contributed by atoms with E-state index in [2.05, 4.69) is 15.4 Å². The third-order valence-corrected chi connectivity index (χ3v) is 5.43. The Hall–Kier alpha value is -2.82. The zero-order valence-corrected chi connectivity index (χ0v) is 18.6. The molecule has 3 aromatic rings. The number of methoxy groups -OCH3 is 2. The van der Waals surface area contributed by atoms with E-state index >= 15 is 0 Å². The molecule has 2 aromatic heterocycles. The summed E-state index contributed by atoms with van der Waals surface area (Å²) in [5.41, 5.74) is 0.955. The van der Waals surface area contributed by atoms with Crippen LogP contribution >= 0.6 is 22.9 Å². The minimum absolute atomic E-state index is 0.0453. The Morgan fingerprint density at radius 2 is 2.13 bits per heavy atom. The standard InChI is InChI=1S/C20H20ClFN4O4S/c1-11-9-12(16-15(30-3)6-5-14(21)17(16)22)13(10-23-11)18(27)24-19-25-26(20(28)31-19)7-4-8-29-2/h5-6,9-10H,4,7-8H2,1-3H3,(H,24,25,27). The molecule has 11 heteroatoms. The van der Waals surface area contributed by atoms with Crippen LogP contribution in [-0.4, -0.2) is 41.5 Å². The minimum Gasteiger partial charge on any atom is -0.496 e. The van der Waals surface area contributed by atoms with Crippen LogP contribution in [-0.2, 0) is 11.3 Å². The molecule has 31 heavy (non-hydrogen) atoms. The average molecular weight is 467 g/mol. The van der Waals surface area contributed by atoms with Crippen molar-refractivity contribution in [2.24, 2.45) is 0 Å². The van der Waals surface area contributed by atoms with E-state index in [4.69, 9.17) is 21.1 Å². The summed E-state index contributed by atoms with van der Waals surface area (Å²) in [5.74, 6) is -1.09. The van der Waals surface area contributed by atoms with Crippen LogP contribution in [0.25, 0.3) is 11.1 Å². The van der Waals surface area contributed by atoms with E-state index in [1.54, 1.807) is 20.1 Å². The average Bonchev–Trinajstić information content (AvgIpc) is 3.08. The van der Waals surface area contributed by atoms with Crippen molar-refractivity contribution in [3.8, 4) is 16.9 Å². The van der Waals surface area contributed by atoms with E-state index in [9.17, 15) is 14.0 Å². The third-order valence-electron chi connectivity index (χ3n) is 4.38. The number of hydrogen-bond donors (Lipinski definition) is 1. The largest absolute Gasteiger partial charge is 0.496 e. The lowest BCUT2D eigenvalue weighted by Crippen LogP contribution is -2.17. The molecular weight excluding hydrogens is 447 g/mol. The van der Waals surface area contributed by atoms with Crippen molar-refractivity contribution in [2.75, 3.05) is 26.1 Å². The molecule has 0 aliphatic heterocycles. The van der Waals surface area contributed by atoms with Crippen molar-refractivity contribution in [1.29, 1.82) is 0 Å². The number of hydrogen-bond acceptors (Lipinski definition) is 7. The van der Waals surface area contributed by atoms with Gasteiger partial charge in [0.25, 0.3) is 5.91 Å². The zero-order valence-electron chi connectivity index (χ0n) is 17.1. The summed E-state index contributed by atoms with van der Waals surface area (Å²) < 4.78 is 26.4.